The molecular formula is C17H18FN5O. The summed E-state index contributed by atoms with van der Waals surface area (Å²) in [4.78, 5) is 16.3. The van der Waals surface area contributed by atoms with Gasteiger partial charge in [0.05, 0.1) is 18.1 Å². The van der Waals surface area contributed by atoms with Gasteiger partial charge in [0.15, 0.2) is 5.65 Å². The number of halogens is 1. The quantitative estimate of drug-likeness (QED) is 0.771. The lowest BCUT2D eigenvalue weighted by Gasteiger charge is -2.09. The standard InChI is InChI=1S/C17H18FN5O/c1-11(2)23-16-13(9-21-23)7-14(10-19-16)22-17(24)20-8-12-5-3-4-6-15(12)18/h3-7,9-11H,8H2,1-2H3,(H2,20,22,24). The van der Waals surface area contributed by atoms with Gasteiger partial charge in [-0.15, -0.1) is 0 Å². The maximum Gasteiger partial charge on any atom is 0.319 e. The predicted octanol–water partition coefficient (Wildman–Crippen LogP) is 3.47. The number of urea groups is 1. The van der Waals surface area contributed by atoms with Crippen LogP contribution in [0.4, 0.5) is 14.9 Å². The largest absolute Gasteiger partial charge is 0.334 e. The van der Waals surface area contributed by atoms with Crippen molar-refractivity contribution in [2.75, 3.05) is 5.32 Å². The smallest absolute Gasteiger partial charge is 0.319 e. The number of rotatable bonds is 4. The number of benzene rings is 1. The van der Waals surface area contributed by atoms with E-state index < -0.39 is 6.03 Å². The summed E-state index contributed by atoms with van der Waals surface area (Å²) in [6.45, 7) is 4.16. The number of aromatic nitrogens is 3. The Kier molecular flexibility index (Phi) is 4.41. The van der Waals surface area contributed by atoms with Crippen LogP contribution in [0.15, 0.2) is 42.7 Å². The van der Waals surface area contributed by atoms with E-state index in [-0.39, 0.29) is 18.4 Å². The minimum Gasteiger partial charge on any atom is -0.334 e. The minimum absolute atomic E-state index is 0.111. The van der Waals surface area contributed by atoms with E-state index >= 15 is 0 Å². The van der Waals surface area contributed by atoms with Gasteiger partial charge < -0.3 is 10.6 Å². The molecule has 2 aromatic heterocycles. The molecule has 2 heterocycles. The van der Waals surface area contributed by atoms with Gasteiger partial charge in [-0.25, -0.2) is 18.9 Å². The second-order valence-electron chi connectivity index (χ2n) is 5.72. The number of carbonyl (C=O) groups excluding carboxylic acids is 1. The van der Waals surface area contributed by atoms with Gasteiger partial charge in [-0.3, -0.25) is 0 Å². The molecule has 3 rings (SSSR count). The monoisotopic (exact) mass is 327 g/mol. The van der Waals surface area contributed by atoms with Crippen molar-refractivity contribution in [3.05, 3.63) is 54.1 Å². The van der Waals surface area contributed by atoms with Crippen LogP contribution in [0.2, 0.25) is 0 Å². The molecule has 3 aromatic rings. The van der Waals surface area contributed by atoms with Gasteiger partial charge in [-0.1, -0.05) is 18.2 Å². The molecule has 2 amide bonds. The first-order valence-electron chi connectivity index (χ1n) is 7.66. The average molecular weight is 327 g/mol. The number of hydrogen-bond acceptors (Lipinski definition) is 3. The molecule has 0 atom stereocenters. The van der Waals surface area contributed by atoms with Crippen LogP contribution in [-0.4, -0.2) is 20.8 Å². The lowest BCUT2D eigenvalue weighted by Crippen LogP contribution is -2.28. The molecule has 0 unspecified atom stereocenters. The first-order valence-corrected chi connectivity index (χ1v) is 7.66. The second-order valence-corrected chi connectivity index (χ2v) is 5.72. The summed E-state index contributed by atoms with van der Waals surface area (Å²) < 4.78 is 15.3. The van der Waals surface area contributed by atoms with E-state index in [4.69, 9.17) is 0 Å². The van der Waals surface area contributed by atoms with Gasteiger partial charge in [-0.05, 0) is 26.0 Å². The van der Waals surface area contributed by atoms with Gasteiger partial charge in [0, 0.05) is 23.5 Å². The average Bonchev–Trinajstić information content (AvgIpc) is 2.97. The van der Waals surface area contributed by atoms with Crippen molar-refractivity contribution in [3.63, 3.8) is 0 Å². The second kappa shape index (κ2) is 6.66. The molecule has 0 radical (unpaired) electrons. The number of fused-ring (bicyclic) bond motifs is 1. The third kappa shape index (κ3) is 3.34. The zero-order chi connectivity index (χ0) is 17.1. The fraction of sp³-hybridized carbons (Fsp3) is 0.235. The highest BCUT2D eigenvalue weighted by atomic mass is 19.1. The van der Waals surface area contributed by atoms with Crippen molar-refractivity contribution in [1.29, 1.82) is 0 Å². The van der Waals surface area contributed by atoms with E-state index in [1.54, 1.807) is 36.7 Å². The maximum atomic E-state index is 13.5. The Labute approximate surface area is 138 Å². The fourth-order valence-corrected chi connectivity index (χ4v) is 2.38. The molecule has 24 heavy (non-hydrogen) atoms. The first-order chi connectivity index (χ1) is 11.5. The highest BCUT2D eigenvalue weighted by molar-refractivity contribution is 5.91. The Balaban J connectivity index is 1.66. The lowest BCUT2D eigenvalue weighted by molar-refractivity contribution is 0.251. The molecule has 0 spiro atoms. The van der Waals surface area contributed by atoms with Crippen LogP contribution in [0, 0.1) is 5.82 Å². The molecule has 0 aliphatic carbocycles. The Hall–Kier alpha value is -2.96. The van der Waals surface area contributed by atoms with Gasteiger partial charge in [0.1, 0.15) is 5.82 Å². The normalized spacial score (nSPS) is 11.0. The third-order valence-corrected chi connectivity index (χ3v) is 3.58. The number of amides is 2. The summed E-state index contributed by atoms with van der Waals surface area (Å²) in [5.41, 5.74) is 1.75. The molecule has 0 aliphatic rings. The maximum absolute atomic E-state index is 13.5. The Morgan fingerprint density at radius 3 is 2.83 bits per heavy atom. The third-order valence-electron chi connectivity index (χ3n) is 3.58. The van der Waals surface area contributed by atoms with Crippen molar-refractivity contribution in [3.8, 4) is 0 Å². The summed E-state index contributed by atoms with van der Waals surface area (Å²) in [5.74, 6) is -0.345. The molecule has 0 bridgehead atoms. The van der Waals surface area contributed by atoms with Crippen LogP contribution in [0.3, 0.4) is 0 Å². The molecule has 2 N–H and O–H groups in total. The highest BCUT2D eigenvalue weighted by Crippen LogP contribution is 2.19. The van der Waals surface area contributed by atoms with Crippen LogP contribution < -0.4 is 10.6 Å². The fourth-order valence-electron chi connectivity index (χ4n) is 2.38. The van der Waals surface area contributed by atoms with Gasteiger partial charge in [0.25, 0.3) is 0 Å². The molecule has 0 saturated heterocycles. The zero-order valence-electron chi connectivity index (χ0n) is 13.5. The number of hydrogen-bond donors (Lipinski definition) is 2. The van der Waals surface area contributed by atoms with Crippen LogP contribution in [-0.2, 0) is 6.54 Å². The van der Waals surface area contributed by atoms with Crippen molar-refractivity contribution in [2.45, 2.75) is 26.4 Å². The summed E-state index contributed by atoms with van der Waals surface area (Å²) in [5, 5.41) is 10.4. The summed E-state index contributed by atoms with van der Waals surface area (Å²) in [7, 11) is 0. The van der Waals surface area contributed by atoms with E-state index in [1.165, 1.54) is 6.07 Å². The van der Waals surface area contributed by atoms with Crippen molar-refractivity contribution in [2.24, 2.45) is 0 Å². The topological polar surface area (TPSA) is 71.8 Å². The van der Waals surface area contributed by atoms with Crippen LogP contribution >= 0.6 is 0 Å². The molecule has 1 aromatic carbocycles. The van der Waals surface area contributed by atoms with Gasteiger partial charge >= 0.3 is 6.03 Å². The molecule has 6 nitrogen and oxygen atoms in total. The van der Waals surface area contributed by atoms with Crippen molar-refractivity contribution in [1.82, 2.24) is 20.1 Å². The van der Waals surface area contributed by atoms with Crippen LogP contribution in [0.5, 0.6) is 0 Å². The number of carbonyl (C=O) groups is 1. The molecule has 0 fully saturated rings. The molecule has 7 heteroatoms. The van der Waals surface area contributed by atoms with Crippen LogP contribution in [0.1, 0.15) is 25.5 Å². The highest BCUT2D eigenvalue weighted by Gasteiger charge is 2.09. The number of anilines is 1. The van der Waals surface area contributed by atoms with E-state index in [0.717, 1.165) is 11.0 Å². The summed E-state index contributed by atoms with van der Waals surface area (Å²) >= 11 is 0. The zero-order valence-corrected chi connectivity index (χ0v) is 13.5. The van der Waals surface area contributed by atoms with E-state index in [2.05, 4.69) is 20.7 Å². The predicted molar refractivity (Wildman–Crippen MR) is 90.2 cm³/mol. The van der Waals surface area contributed by atoms with E-state index in [1.807, 2.05) is 18.5 Å². The van der Waals surface area contributed by atoms with Crippen LogP contribution in [0.25, 0.3) is 11.0 Å². The Morgan fingerprint density at radius 2 is 2.08 bits per heavy atom. The molecule has 124 valence electrons. The Bertz CT molecular complexity index is 874. The van der Waals surface area contributed by atoms with E-state index in [0.29, 0.717) is 11.3 Å². The van der Waals surface area contributed by atoms with E-state index in [9.17, 15) is 9.18 Å². The number of nitrogens with zero attached hydrogens (tertiary/aromatic N) is 3. The van der Waals surface area contributed by atoms with Crippen molar-refractivity contribution >= 4 is 22.8 Å². The molecular weight excluding hydrogens is 309 g/mol. The van der Waals surface area contributed by atoms with Gasteiger partial charge in [0.2, 0.25) is 0 Å². The molecule has 0 saturated carbocycles. The first kappa shape index (κ1) is 15.9. The SMILES string of the molecule is CC(C)n1ncc2cc(NC(=O)NCc3ccccc3F)cnc21. The number of nitrogens with one attached hydrogen (secondary N) is 2. The Morgan fingerprint density at radius 1 is 1.29 bits per heavy atom. The lowest BCUT2D eigenvalue weighted by atomic mass is 10.2. The molecule has 0 aliphatic heterocycles. The minimum atomic E-state index is -0.421. The van der Waals surface area contributed by atoms with Crippen molar-refractivity contribution < 1.29 is 9.18 Å². The summed E-state index contributed by atoms with van der Waals surface area (Å²) in [6, 6.07) is 7.91. The number of pyridine rings is 1. The summed E-state index contributed by atoms with van der Waals surface area (Å²) in [6.07, 6.45) is 3.29. The van der Waals surface area contributed by atoms with Gasteiger partial charge in [-0.2, -0.15) is 5.10 Å².